The summed E-state index contributed by atoms with van der Waals surface area (Å²) in [6, 6.07) is 5.31. The van der Waals surface area contributed by atoms with Crippen LogP contribution >= 0.6 is 0 Å². The number of benzene rings is 1. The number of guanidine groups is 1. The minimum atomic E-state index is -0.142. The quantitative estimate of drug-likeness (QED) is 0.681. The van der Waals surface area contributed by atoms with Crippen LogP contribution in [0.2, 0.25) is 0 Å². The highest BCUT2D eigenvalue weighted by molar-refractivity contribution is 5.80. The van der Waals surface area contributed by atoms with E-state index in [1.54, 1.807) is 6.07 Å². The Kier molecular flexibility index (Phi) is 5.56. The summed E-state index contributed by atoms with van der Waals surface area (Å²) in [6.07, 6.45) is 2.45. The van der Waals surface area contributed by atoms with Crippen LogP contribution in [0.5, 0.6) is 0 Å². The summed E-state index contributed by atoms with van der Waals surface area (Å²) in [5.74, 6) is 0.794. The summed E-state index contributed by atoms with van der Waals surface area (Å²) in [5, 5.41) is 3.37. The molecule has 4 nitrogen and oxygen atoms in total. The lowest BCUT2D eigenvalue weighted by atomic mass is 10.1. The Labute approximate surface area is 126 Å². The van der Waals surface area contributed by atoms with Gasteiger partial charge >= 0.3 is 0 Å². The number of nitrogens with one attached hydrogen (secondary N) is 1. The molecule has 1 saturated heterocycles. The zero-order valence-electron chi connectivity index (χ0n) is 13.2. The van der Waals surface area contributed by atoms with Crippen molar-refractivity contribution in [2.24, 2.45) is 4.99 Å². The fourth-order valence-corrected chi connectivity index (χ4v) is 2.64. The van der Waals surface area contributed by atoms with Gasteiger partial charge in [0.2, 0.25) is 0 Å². The average Bonchev–Trinajstić information content (AvgIpc) is 2.96. The van der Waals surface area contributed by atoms with Gasteiger partial charge in [0.25, 0.3) is 0 Å². The summed E-state index contributed by atoms with van der Waals surface area (Å²) >= 11 is 0. The second kappa shape index (κ2) is 7.41. The molecule has 0 aliphatic carbocycles. The van der Waals surface area contributed by atoms with Crippen molar-refractivity contribution in [1.29, 1.82) is 0 Å². The van der Waals surface area contributed by atoms with E-state index in [2.05, 4.69) is 15.2 Å². The molecule has 1 aromatic carbocycles. The van der Waals surface area contributed by atoms with E-state index in [4.69, 9.17) is 0 Å². The number of hydrogen-bond acceptors (Lipinski definition) is 2. The van der Waals surface area contributed by atoms with E-state index in [-0.39, 0.29) is 5.82 Å². The highest BCUT2D eigenvalue weighted by atomic mass is 19.1. The molecule has 0 radical (unpaired) electrons. The summed E-state index contributed by atoms with van der Waals surface area (Å²) < 4.78 is 13.8. The molecule has 0 atom stereocenters. The molecule has 5 heteroatoms. The normalized spacial score (nSPS) is 15.9. The van der Waals surface area contributed by atoms with E-state index in [1.807, 2.05) is 38.2 Å². The maximum absolute atomic E-state index is 13.8. The van der Waals surface area contributed by atoms with E-state index in [9.17, 15) is 4.39 Å². The molecule has 0 saturated carbocycles. The van der Waals surface area contributed by atoms with Crippen molar-refractivity contribution in [3.05, 3.63) is 35.1 Å². The Morgan fingerprint density at radius 2 is 2.05 bits per heavy atom. The number of rotatable bonds is 4. The highest BCUT2D eigenvalue weighted by Crippen LogP contribution is 2.13. The Morgan fingerprint density at radius 3 is 2.67 bits per heavy atom. The van der Waals surface area contributed by atoms with Crippen LogP contribution in [0.15, 0.2) is 23.2 Å². The fraction of sp³-hybridized carbons (Fsp3) is 0.562. The standard InChI is InChI=1S/C16H25FN4/c1-18-16(21-8-4-5-9-21)19-11-13-6-7-15(17)14(10-13)12-20(2)3/h6-7,10H,4-5,8-9,11-12H2,1-3H3,(H,18,19). The molecular formula is C16H25FN4. The second-order valence-electron chi connectivity index (χ2n) is 5.76. The van der Waals surface area contributed by atoms with Crippen LogP contribution in [0.1, 0.15) is 24.0 Å². The van der Waals surface area contributed by atoms with Crippen LogP contribution < -0.4 is 5.32 Å². The monoisotopic (exact) mass is 292 g/mol. The van der Waals surface area contributed by atoms with E-state index < -0.39 is 0 Å². The maximum Gasteiger partial charge on any atom is 0.193 e. The molecule has 0 unspecified atom stereocenters. The van der Waals surface area contributed by atoms with Crippen molar-refractivity contribution in [1.82, 2.24) is 15.1 Å². The number of likely N-dealkylation sites (tertiary alicyclic amines) is 1. The third-order valence-corrected chi connectivity index (χ3v) is 3.66. The first-order valence-corrected chi connectivity index (χ1v) is 7.48. The van der Waals surface area contributed by atoms with Crippen molar-refractivity contribution in [3.63, 3.8) is 0 Å². The molecule has 1 fully saturated rings. The molecule has 1 aliphatic heterocycles. The first kappa shape index (κ1) is 15.8. The predicted octanol–water partition coefficient (Wildman–Crippen LogP) is 2.06. The number of nitrogens with zero attached hydrogens (tertiary/aromatic N) is 3. The molecule has 0 bridgehead atoms. The van der Waals surface area contributed by atoms with Gasteiger partial charge in [0.15, 0.2) is 5.96 Å². The van der Waals surface area contributed by atoms with Gasteiger partial charge in [-0.1, -0.05) is 6.07 Å². The lowest BCUT2D eigenvalue weighted by molar-refractivity contribution is 0.392. The van der Waals surface area contributed by atoms with Crippen LogP contribution in [-0.2, 0) is 13.1 Å². The lowest BCUT2D eigenvalue weighted by Crippen LogP contribution is -2.39. The third kappa shape index (κ3) is 4.43. The van der Waals surface area contributed by atoms with E-state index >= 15 is 0 Å². The summed E-state index contributed by atoms with van der Waals surface area (Å²) in [7, 11) is 5.70. The average molecular weight is 292 g/mol. The zero-order valence-corrected chi connectivity index (χ0v) is 13.2. The van der Waals surface area contributed by atoms with Gasteiger partial charge in [0.1, 0.15) is 5.82 Å². The summed E-state index contributed by atoms with van der Waals surface area (Å²) in [6.45, 7) is 3.41. The number of halogens is 1. The fourth-order valence-electron chi connectivity index (χ4n) is 2.64. The molecule has 21 heavy (non-hydrogen) atoms. The molecule has 0 spiro atoms. The molecule has 1 aliphatic rings. The van der Waals surface area contributed by atoms with Crippen molar-refractivity contribution in [2.75, 3.05) is 34.2 Å². The molecule has 0 amide bonds. The van der Waals surface area contributed by atoms with E-state index in [0.29, 0.717) is 13.1 Å². The summed E-state index contributed by atoms with van der Waals surface area (Å²) in [5.41, 5.74) is 1.81. The van der Waals surface area contributed by atoms with E-state index in [0.717, 1.165) is 30.2 Å². The van der Waals surface area contributed by atoms with Gasteiger partial charge in [-0.05, 0) is 44.6 Å². The Balaban J connectivity index is 1.99. The highest BCUT2D eigenvalue weighted by Gasteiger charge is 2.15. The van der Waals surface area contributed by atoms with Crippen LogP contribution in [0.4, 0.5) is 4.39 Å². The Morgan fingerprint density at radius 1 is 1.33 bits per heavy atom. The number of aliphatic imine (C=N–C) groups is 1. The van der Waals surface area contributed by atoms with Crippen molar-refractivity contribution in [2.45, 2.75) is 25.9 Å². The van der Waals surface area contributed by atoms with E-state index in [1.165, 1.54) is 12.8 Å². The number of hydrogen-bond donors (Lipinski definition) is 1. The molecule has 1 N–H and O–H groups in total. The maximum atomic E-state index is 13.8. The van der Waals surface area contributed by atoms with Gasteiger partial charge in [0.05, 0.1) is 0 Å². The SMILES string of the molecule is CN=C(NCc1ccc(F)c(CN(C)C)c1)N1CCCC1. The van der Waals surface area contributed by atoms with Crippen LogP contribution in [0, 0.1) is 5.82 Å². The third-order valence-electron chi connectivity index (χ3n) is 3.66. The first-order chi connectivity index (χ1) is 10.1. The lowest BCUT2D eigenvalue weighted by Gasteiger charge is -2.21. The largest absolute Gasteiger partial charge is 0.352 e. The minimum absolute atomic E-state index is 0.142. The molecule has 116 valence electrons. The molecule has 0 aromatic heterocycles. The van der Waals surface area contributed by atoms with Crippen molar-refractivity contribution < 1.29 is 4.39 Å². The van der Waals surface area contributed by atoms with Gasteiger partial charge in [-0.15, -0.1) is 0 Å². The van der Waals surface area contributed by atoms with Gasteiger partial charge < -0.3 is 15.1 Å². The minimum Gasteiger partial charge on any atom is -0.352 e. The van der Waals surface area contributed by atoms with Crippen LogP contribution in [0.3, 0.4) is 0 Å². The predicted molar refractivity (Wildman–Crippen MR) is 84.8 cm³/mol. The van der Waals surface area contributed by atoms with Gasteiger partial charge in [-0.25, -0.2) is 4.39 Å². The van der Waals surface area contributed by atoms with Crippen LogP contribution in [-0.4, -0.2) is 50.0 Å². The smallest absolute Gasteiger partial charge is 0.193 e. The van der Waals surface area contributed by atoms with Crippen molar-refractivity contribution >= 4 is 5.96 Å². The zero-order chi connectivity index (χ0) is 15.2. The summed E-state index contributed by atoms with van der Waals surface area (Å²) in [4.78, 5) is 8.56. The molecule has 2 rings (SSSR count). The van der Waals surface area contributed by atoms with Gasteiger partial charge in [-0.3, -0.25) is 4.99 Å². The molecule has 1 aromatic rings. The molecular weight excluding hydrogens is 267 g/mol. The van der Waals surface area contributed by atoms with Crippen molar-refractivity contribution in [3.8, 4) is 0 Å². The van der Waals surface area contributed by atoms with Crippen LogP contribution in [0.25, 0.3) is 0 Å². The molecule has 1 heterocycles. The second-order valence-corrected chi connectivity index (χ2v) is 5.76. The van der Waals surface area contributed by atoms with Gasteiger partial charge in [0, 0.05) is 38.8 Å². The van der Waals surface area contributed by atoms with Gasteiger partial charge in [-0.2, -0.15) is 0 Å². The topological polar surface area (TPSA) is 30.9 Å². The Bertz CT molecular complexity index is 493. The first-order valence-electron chi connectivity index (χ1n) is 7.48. The Hall–Kier alpha value is -1.62.